The maximum atomic E-state index is 6.41. The highest BCUT2D eigenvalue weighted by Gasteiger charge is 2.15. The summed E-state index contributed by atoms with van der Waals surface area (Å²) in [5.74, 6) is 0.786. The highest BCUT2D eigenvalue weighted by molar-refractivity contribution is 6.30. The predicted molar refractivity (Wildman–Crippen MR) is 89.3 cm³/mol. The summed E-state index contributed by atoms with van der Waals surface area (Å²) in [5.41, 5.74) is 12.5. The number of ether oxygens (including phenoxy) is 1. The molecule has 0 aliphatic rings. The molecule has 2 nitrogen and oxygen atoms in total. The molecular weight excluding hydrogens is 282 g/mol. The molecule has 0 amide bonds. The van der Waals surface area contributed by atoms with E-state index in [4.69, 9.17) is 22.1 Å². The molecule has 0 fully saturated rings. The van der Waals surface area contributed by atoms with Crippen LogP contribution in [0, 0.1) is 20.8 Å². The van der Waals surface area contributed by atoms with E-state index in [0.29, 0.717) is 5.02 Å². The van der Waals surface area contributed by atoms with Crippen molar-refractivity contribution in [3.8, 4) is 5.75 Å². The van der Waals surface area contributed by atoms with Gasteiger partial charge in [-0.3, -0.25) is 0 Å². The average molecular weight is 304 g/mol. The molecule has 0 spiro atoms. The lowest BCUT2D eigenvalue weighted by Gasteiger charge is -2.19. The average Bonchev–Trinajstić information content (AvgIpc) is 2.42. The van der Waals surface area contributed by atoms with E-state index in [9.17, 15) is 0 Å². The maximum Gasteiger partial charge on any atom is 0.123 e. The Bertz CT molecular complexity index is 629. The van der Waals surface area contributed by atoms with Crippen LogP contribution in [0.1, 0.15) is 33.9 Å². The van der Waals surface area contributed by atoms with Gasteiger partial charge < -0.3 is 10.5 Å². The monoisotopic (exact) mass is 303 g/mol. The van der Waals surface area contributed by atoms with Crippen LogP contribution >= 0.6 is 11.6 Å². The highest BCUT2D eigenvalue weighted by atomic mass is 35.5. The van der Waals surface area contributed by atoms with Crippen molar-refractivity contribution in [1.29, 1.82) is 0 Å². The van der Waals surface area contributed by atoms with Crippen LogP contribution in [-0.4, -0.2) is 7.11 Å². The third kappa shape index (κ3) is 3.58. The van der Waals surface area contributed by atoms with E-state index in [2.05, 4.69) is 32.9 Å². The molecule has 1 unspecified atom stereocenters. The highest BCUT2D eigenvalue weighted by Crippen LogP contribution is 2.30. The molecule has 112 valence electrons. The standard InChI is InChI=1S/C18H22ClNO/c1-11-7-12(2)15(13(3)8-11)10-17(20)16-9-14(19)5-6-18(16)21-4/h5-9,17H,10,20H2,1-4H3. The minimum Gasteiger partial charge on any atom is -0.496 e. The Morgan fingerprint density at radius 2 is 1.71 bits per heavy atom. The molecule has 0 heterocycles. The Morgan fingerprint density at radius 1 is 1.10 bits per heavy atom. The molecule has 2 aromatic rings. The maximum absolute atomic E-state index is 6.41. The molecule has 3 heteroatoms. The van der Waals surface area contributed by atoms with E-state index in [0.717, 1.165) is 17.7 Å². The summed E-state index contributed by atoms with van der Waals surface area (Å²) in [5, 5.41) is 0.679. The van der Waals surface area contributed by atoms with Crippen LogP contribution < -0.4 is 10.5 Å². The molecule has 0 aliphatic heterocycles. The molecule has 0 saturated heterocycles. The summed E-state index contributed by atoms with van der Waals surface area (Å²) < 4.78 is 5.40. The van der Waals surface area contributed by atoms with Gasteiger partial charge in [0.25, 0.3) is 0 Å². The van der Waals surface area contributed by atoms with Gasteiger partial charge in [0.2, 0.25) is 0 Å². The van der Waals surface area contributed by atoms with Gasteiger partial charge in [-0.2, -0.15) is 0 Å². The van der Waals surface area contributed by atoms with Crippen LogP contribution in [0.3, 0.4) is 0 Å². The van der Waals surface area contributed by atoms with Crippen LogP contribution in [-0.2, 0) is 6.42 Å². The lowest BCUT2D eigenvalue weighted by molar-refractivity contribution is 0.405. The minimum absolute atomic E-state index is 0.140. The molecule has 2 aromatic carbocycles. The van der Waals surface area contributed by atoms with Crippen LogP contribution in [0.25, 0.3) is 0 Å². The number of hydrogen-bond acceptors (Lipinski definition) is 2. The Hall–Kier alpha value is -1.51. The first-order chi connectivity index (χ1) is 9.92. The minimum atomic E-state index is -0.140. The lowest BCUT2D eigenvalue weighted by atomic mass is 9.92. The van der Waals surface area contributed by atoms with Crippen molar-refractivity contribution in [2.75, 3.05) is 7.11 Å². The molecular formula is C18H22ClNO. The zero-order valence-electron chi connectivity index (χ0n) is 13.0. The van der Waals surface area contributed by atoms with Crippen molar-refractivity contribution in [2.24, 2.45) is 5.73 Å². The fourth-order valence-corrected chi connectivity index (χ4v) is 3.04. The van der Waals surface area contributed by atoms with Crippen molar-refractivity contribution in [3.63, 3.8) is 0 Å². The molecule has 0 bridgehead atoms. The van der Waals surface area contributed by atoms with Crippen molar-refractivity contribution in [2.45, 2.75) is 33.2 Å². The zero-order valence-corrected chi connectivity index (χ0v) is 13.8. The van der Waals surface area contributed by atoms with Gasteiger partial charge in [-0.25, -0.2) is 0 Å². The van der Waals surface area contributed by atoms with Crippen LogP contribution in [0.5, 0.6) is 5.75 Å². The first-order valence-corrected chi connectivity index (χ1v) is 7.46. The molecule has 2 rings (SSSR count). The lowest BCUT2D eigenvalue weighted by Crippen LogP contribution is -2.16. The Balaban J connectivity index is 2.34. The fraction of sp³-hybridized carbons (Fsp3) is 0.333. The largest absolute Gasteiger partial charge is 0.496 e. The van der Waals surface area contributed by atoms with Gasteiger partial charge >= 0.3 is 0 Å². The van der Waals surface area contributed by atoms with Crippen LogP contribution in [0.15, 0.2) is 30.3 Å². The van der Waals surface area contributed by atoms with E-state index < -0.39 is 0 Å². The van der Waals surface area contributed by atoms with Gasteiger partial charge in [0.1, 0.15) is 5.75 Å². The Morgan fingerprint density at radius 3 is 2.29 bits per heavy atom. The second-order valence-electron chi connectivity index (χ2n) is 5.57. The van der Waals surface area contributed by atoms with Crippen LogP contribution in [0.4, 0.5) is 0 Å². The fourth-order valence-electron chi connectivity index (χ4n) is 2.86. The predicted octanol–water partition coefficient (Wildman–Crippen LogP) is 4.52. The van der Waals surface area contributed by atoms with Gasteiger partial charge in [0, 0.05) is 16.6 Å². The molecule has 1 atom stereocenters. The number of nitrogens with two attached hydrogens (primary N) is 1. The smallest absolute Gasteiger partial charge is 0.123 e. The van der Waals surface area contributed by atoms with Gasteiger partial charge in [-0.15, -0.1) is 0 Å². The van der Waals surface area contributed by atoms with E-state index >= 15 is 0 Å². The summed E-state index contributed by atoms with van der Waals surface area (Å²) in [6.07, 6.45) is 0.772. The molecule has 0 aliphatic carbocycles. The third-order valence-electron chi connectivity index (χ3n) is 3.86. The number of benzene rings is 2. The molecule has 0 radical (unpaired) electrons. The van der Waals surface area contributed by atoms with E-state index in [1.165, 1.54) is 22.3 Å². The topological polar surface area (TPSA) is 35.2 Å². The molecule has 21 heavy (non-hydrogen) atoms. The normalized spacial score (nSPS) is 12.3. The van der Waals surface area contributed by atoms with Crippen molar-refractivity contribution in [3.05, 3.63) is 63.2 Å². The van der Waals surface area contributed by atoms with Crippen molar-refractivity contribution < 1.29 is 4.74 Å². The third-order valence-corrected chi connectivity index (χ3v) is 4.09. The van der Waals surface area contributed by atoms with E-state index in [-0.39, 0.29) is 6.04 Å². The van der Waals surface area contributed by atoms with E-state index in [1.807, 2.05) is 18.2 Å². The first-order valence-electron chi connectivity index (χ1n) is 7.08. The summed E-state index contributed by atoms with van der Waals surface area (Å²) in [6, 6.07) is 9.84. The molecule has 0 saturated carbocycles. The number of halogens is 1. The van der Waals surface area contributed by atoms with Crippen molar-refractivity contribution >= 4 is 11.6 Å². The summed E-state index contributed by atoms with van der Waals surface area (Å²) in [4.78, 5) is 0. The Labute approximate surface area is 131 Å². The van der Waals surface area contributed by atoms with Gasteiger partial charge in [0.05, 0.1) is 7.11 Å². The zero-order chi connectivity index (χ0) is 15.6. The quantitative estimate of drug-likeness (QED) is 0.901. The number of hydrogen-bond donors (Lipinski definition) is 1. The Kier molecular flexibility index (Phi) is 4.92. The van der Waals surface area contributed by atoms with Crippen LogP contribution in [0.2, 0.25) is 5.02 Å². The molecule has 2 N–H and O–H groups in total. The summed E-state index contributed by atoms with van der Waals surface area (Å²) in [6.45, 7) is 6.39. The number of methoxy groups -OCH3 is 1. The summed E-state index contributed by atoms with van der Waals surface area (Å²) in [7, 11) is 1.65. The number of aryl methyl sites for hydroxylation is 3. The van der Waals surface area contributed by atoms with Crippen molar-refractivity contribution in [1.82, 2.24) is 0 Å². The second kappa shape index (κ2) is 6.50. The van der Waals surface area contributed by atoms with Gasteiger partial charge in [-0.05, 0) is 62.1 Å². The summed E-state index contributed by atoms with van der Waals surface area (Å²) >= 11 is 6.09. The van der Waals surface area contributed by atoms with Gasteiger partial charge in [0.15, 0.2) is 0 Å². The second-order valence-corrected chi connectivity index (χ2v) is 6.01. The first kappa shape index (κ1) is 15.9. The molecule has 0 aromatic heterocycles. The SMILES string of the molecule is COc1ccc(Cl)cc1C(N)Cc1c(C)cc(C)cc1C. The number of rotatable bonds is 4. The van der Waals surface area contributed by atoms with Gasteiger partial charge in [-0.1, -0.05) is 29.3 Å². The van der Waals surface area contributed by atoms with E-state index in [1.54, 1.807) is 7.11 Å².